The zero-order valence-corrected chi connectivity index (χ0v) is 11.7. The third-order valence-corrected chi connectivity index (χ3v) is 3.67. The summed E-state index contributed by atoms with van der Waals surface area (Å²) in [6.45, 7) is 0. The predicted octanol–water partition coefficient (Wildman–Crippen LogP) is 3.91. The van der Waals surface area contributed by atoms with Crippen molar-refractivity contribution in [3.05, 3.63) is 48.5 Å². The maximum absolute atomic E-state index is 5.25. The summed E-state index contributed by atoms with van der Waals surface area (Å²) in [5.41, 5.74) is 1.23. The predicted molar refractivity (Wildman–Crippen MR) is 77.9 cm³/mol. The topological polar surface area (TPSA) is 12.5 Å². The van der Waals surface area contributed by atoms with Gasteiger partial charge in [0.05, 0.1) is 12.8 Å². The van der Waals surface area contributed by atoms with Gasteiger partial charge >= 0.3 is 0 Å². The van der Waals surface area contributed by atoms with Crippen molar-refractivity contribution in [2.24, 2.45) is 0 Å². The fraction of sp³-hybridized carbons (Fsp3) is 0.200. The summed E-state index contributed by atoms with van der Waals surface area (Å²) in [6, 6.07) is 16.5. The first-order chi connectivity index (χ1) is 8.70. The van der Waals surface area contributed by atoms with Gasteiger partial charge in [0.25, 0.3) is 0 Å². The molecule has 2 aromatic rings. The minimum absolute atomic E-state index is 0.891. The van der Waals surface area contributed by atoms with Gasteiger partial charge in [-0.2, -0.15) is 0 Å². The van der Waals surface area contributed by atoms with Crippen LogP contribution in [-0.2, 0) is 0 Å². The van der Waals surface area contributed by atoms with Gasteiger partial charge in [-0.05, 0) is 30.3 Å². The normalized spacial score (nSPS) is 10.2. The quantitative estimate of drug-likeness (QED) is 0.826. The molecular formula is C15H17NOS. The largest absolute Gasteiger partial charge is 0.497 e. The molecule has 3 heteroatoms. The van der Waals surface area contributed by atoms with Crippen LogP contribution in [0.1, 0.15) is 0 Å². The average molecular weight is 259 g/mol. The highest BCUT2D eigenvalue weighted by Gasteiger charge is 2.05. The molecule has 2 aromatic carbocycles. The van der Waals surface area contributed by atoms with Crippen molar-refractivity contribution in [2.45, 2.75) is 9.79 Å². The molecule has 0 saturated carbocycles. The van der Waals surface area contributed by atoms with E-state index >= 15 is 0 Å². The van der Waals surface area contributed by atoms with Gasteiger partial charge < -0.3 is 9.64 Å². The van der Waals surface area contributed by atoms with Crippen molar-refractivity contribution >= 4 is 17.4 Å². The molecule has 0 aliphatic rings. The third kappa shape index (κ3) is 2.99. The minimum Gasteiger partial charge on any atom is -0.497 e. The van der Waals surface area contributed by atoms with Crippen molar-refractivity contribution in [3.63, 3.8) is 0 Å². The van der Waals surface area contributed by atoms with Crippen LogP contribution in [0.5, 0.6) is 5.75 Å². The van der Waals surface area contributed by atoms with Crippen LogP contribution >= 0.6 is 11.8 Å². The van der Waals surface area contributed by atoms with Gasteiger partial charge in [0.1, 0.15) is 5.75 Å². The van der Waals surface area contributed by atoms with Crippen LogP contribution in [0, 0.1) is 0 Å². The van der Waals surface area contributed by atoms with Gasteiger partial charge in [-0.25, -0.2) is 0 Å². The van der Waals surface area contributed by atoms with Gasteiger partial charge in [-0.1, -0.05) is 30.0 Å². The minimum atomic E-state index is 0.891. The lowest BCUT2D eigenvalue weighted by Gasteiger charge is -2.16. The second kappa shape index (κ2) is 5.83. The Bertz CT molecular complexity index is 525. The van der Waals surface area contributed by atoms with Gasteiger partial charge in [0.15, 0.2) is 0 Å². The van der Waals surface area contributed by atoms with Crippen LogP contribution in [0.4, 0.5) is 5.69 Å². The van der Waals surface area contributed by atoms with E-state index in [0.717, 1.165) is 5.75 Å². The summed E-state index contributed by atoms with van der Waals surface area (Å²) in [6.07, 6.45) is 0. The number of hydrogen-bond donors (Lipinski definition) is 0. The summed E-state index contributed by atoms with van der Waals surface area (Å²) in [5.74, 6) is 0.891. The number of hydrogen-bond acceptors (Lipinski definition) is 3. The first-order valence-corrected chi connectivity index (χ1v) is 6.60. The Morgan fingerprint density at radius 2 is 1.78 bits per heavy atom. The molecule has 18 heavy (non-hydrogen) atoms. The molecule has 0 aromatic heterocycles. The number of para-hydroxylation sites is 1. The molecule has 0 aliphatic carbocycles. The van der Waals surface area contributed by atoms with E-state index < -0.39 is 0 Å². The molecule has 0 N–H and O–H groups in total. The van der Waals surface area contributed by atoms with Crippen molar-refractivity contribution < 1.29 is 4.74 Å². The molecule has 94 valence electrons. The van der Waals surface area contributed by atoms with Crippen LogP contribution < -0.4 is 9.64 Å². The molecule has 2 rings (SSSR count). The Kier molecular flexibility index (Phi) is 4.15. The third-order valence-electron chi connectivity index (χ3n) is 2.62. The standard InChI is InChI=1S/C15H17NOS/c1-16(2)14-9-4-5-10-15(14)18-13-8-6-7-12(11-13)17-3/h4-11H,1-3H3. The van der Waals surface area contributed by atoms with Crippen molar-refractivity contribution in [1.29, 1.82) is 0 Å². The number of anilines is 1. The van der Waals surface area contributed by atoms with Crippen LogP contribution in [0.3, 0.4) is 0 Å². The fourth-order valence-electron chi connectivity index (χ4n) is 1.70. The Balaban J connectivity index is 2.28. The molecule has 0 radical (unpaired) electrons. The summed E-state index contributed by atoms with van der Waals surface area (Å²) >= 11 is 1.75. The number of methoxy groups -OCH3 is 1. The van der Waals surface area contributed by atoms with E-state index in [9.17, 15) is 0 Å². The monoisotopic (exact) mass is 259 g/mol. The first kappa shape index (κ1) is 12.8. The van der Waals surface area contributed by atoms with Gasteiger partial charge in [0, 0.05) is 23.9 Å². The molecule has 0 amide bonds. The number of benzene rings is 2. The summed E-state index contributed by atoms with van der Waals surface area (Å²) < 4.78 is 5.25. The van der Waals surface area contributed by atoms with E-state index in [1.54, 1.807) is 18.9 Å². The molecule has 2 nitrogen and oxygen atoms in total. The molecular weight excluding hydrogens is 242 g/mol. The second-order valence-electron chi connectivity index (χ2n) is 4.14. The van der Waals surface area contributed by atoms with Crippen LogP contribution in [-0.4, -0.2) is 21.2 Å². The SMILES string of the molecule is COc1cccc(Sc2ccccc2N(C)C)c1. The number of ether oxygens (including phenoxy) is 1. The average Bonchev–Trinajstić information content (AvgIpc) is 2.39. The molecule has 0 spiro atoms. The van der Waals surface area contributed by atoms with Crippen molar-refractivity contribution in [2.75, 3.05) is 26.1 Å². The maximum Gasteiger partial charge on any atom is 0.119 e. The fourth-order valence-corrected chi connectivity index (χ4v) is 2.78. The molecule has 0 unspecified atom stereocenters. The molecule has 0 atom stereocenters. The summed E-state index contributed by atoms with van der Waals surface area (Å²) in [5, 5.41) is 0. The van der Waals surface area contributed by atoms with Crippen molar-refractivity contribution in [3.8, 4) is 5.75 Å². The smallest absolute Gasteiger partial charge is 0.119 e. The van der Waals surface area contributed by atoms with Gasteiger partial charge in [-0.15, -0.1) is 0 Å². The van der Waals surface area contributed by atoms with Crippen LogP contribution in [0.25, 0.3) is 0 Å². The van der Waals surface area contributed by atoms with E-state index in [0.29, 0.717) is 0 Å². The Morgan fingerprint density at radius 3 is 2.50 bits per heavy atom. The maximum atomic E-state index is 5.25. The highest BCUT2D eigenvalue weighted by molar-refractivity contribution is 7.99. The van der Waals surface area contributed by atoms with Crippen LogP contribution in [0.15, 0.2) is 58.3 Å². The number of nitrogens with zero attached hydrogens (tertiary/aromatic N) is 1. The van der Waals surface area contributed by atoms with E-state index in [-0.39, 0.29) is 0 Å². The van der Waals surface area contributed by atoms with Crippen LogP contribution in [0.2, 0.25) is 0 Å². The molecule has 0 heterocycles. The number of rotatable bonds is 4. The van der Waals surface area contributed by atoms with Crippen molar-refractivity contribution in [1.82, 2.24) is 0 Å². The van der Waals surface area contributed by atoms with Gasteiger partial charge in [-0.3, -0.25) is 0 Å². The lowest BCUT2D eigenvalue weighted by Crippen LogP contribution is -2.09. The molecule has 0 saturated heterocycles. The lowest BCUT2D eigenvalue weighted by atomic mass is 10.3. The Hall–Kier alpha value is -1.61. The Labute approximate surface area is 113 Å². The van der Waals surface area contributed by atoms with E-state index in [4.69, 9.17) is 4.74 Å². The summed E-state index contributed by atoms with van der Waals surface area (Å²) in [7, 11) is 5.81. The van der Waals surface area contributed by atoms with E-state index in [1.807, 2.05) is 12.1 Å². The highest BCUT2D eigenvalue weighted by atomic mass is 32.2. The highest BCUT2D eigenvalue weighted by Crippen LogP contribution is 2.35. The molecule has 0 aliphatic heterocycles. The molecule has 0 fully saturated rings. The van der Waals surface area contributed by atoms with E-state index in [2.05, 4.69) is 55.4 Å². The lowest BCUT2D eigenvalue weighted by molar-refractivity contribution is 0.413. The zero-order valence-electron chi connectivity index (χ0n) is 10.9. The zero-order chi connectivity index (χ0) is 13.0. The first-order valence-electron chi connectivity index (χ1n) is 5.79. The summed E-state index contributed by atoms with van der Waals surface area (Å²) in [4.78, 5) is 4.56. The molecule has 0 bridgehead atoms. The van der Waals surface area contributed by atoms with Gasteiger partial charge in [0.2, 0.25) is 0 Å². The van der Waals surface area contributed by atoms with E-state index in [1.165, 1.54) is 15.5 Å². The second-order valence-corrected chi connectivity index (χ2v) is 5.26. The Morgan fingerprint density at radius 1 is 1.00 bits per heavy atom.